The number of nitrogens with one attached hydrogen (secondary N) is 2. The number of pyridine rings is 1. The van der Waals surface area contributed by atoms with Crippen molar-refractivity contribution in [3.63, 3.8) is 0 Å². The first-order chi connectivity index (χ1) is 8.95. The molecule has 0 saturated carbocycles. The standard InChI is InChI=1S/C12H19N3O3S/c1-12(5-6-18-9-12)15-19(16,17)11-4-3-10(7-13-2)8-14-11/h3-4,8,13,15H,5-7,9H2,1-2H3. The van der Waals surface area contributed by atoms with E-state index in [-0.39, 0.29) is 5.03 Å². The molecule has 6 nitrogen and oxygen atoms in total. The van der Waals surface area contributed by atoms with Crippen LogP contribution in [0, 0.1) is 0 Å². The minimum absolute atomic E-state index is 0.0421. The molecule has 106 valence electrons. The summed E-state index contributed by atoms with van der Waals surface area (Å²) in [5, 5.41) is 3.03. The third-order valence-electron chi connectivity index (χ3n) is 3.05. The molecule has 7 heteroatoms. The second kappa shape index (κ2) is 5.54. The molecule has 0 bridgehead atoms. The van der Waals surface area contributed by atoms with Gasteiger partial charge in [0.15, 0.2) is 5.03 Å². The van der Waals surface area contributed by atoms with Gasteiger partial charge in [0.2, 0.25) is 0 Å². The fourth-order valence-electron chi connectivity index (χ4n) is 2.00. The molecule has 1 fully saturated rings. The van der Waals surface area contributed by atoms with Crippen molar-refractivity contribution in [2.24, 2.45) is 0 Å². The Kier molecular flexibility index (Phi) is 4.19. The predicted octanol–water partition coefficient (Wildman–Crippen LogP) is 0.258. The lowest BCUT2D eigenvalue weighted by Gasteiger charge is -2.22. The van der Waals surface area contributed by atoms with Crippen LogP contribution in [0.4, 0.5) is 0 Å². The van der Waals surface area contributed by atoms with Gasteiger partial charge in [0.25, 0.3) is 10.0 Å². The first-order valence-corrected chi connectivity index (χ1v) is 7.65. The summed E-state index contributed by atoms with van der Waals surface area (Å²) in [5.41, 5.74) is 0.404. The molecule has 1 aliphatic rings. The van der Waals surface area contributed by atoms with Gasteiger partial charge in [0.05, 0.1) is 12.1 Å². The zero-order valence-electron chi connectivity index (χ0n) is 11.1. The molecular formula is C12H19N3O3S. The quantitative estimate of drug-likeness (QED) is 0.811. The van der Waals surface area contributed by atoms with Crippen molar-refractivity contribution in [2.75, 3.05) is 20.3 Å². The second-order valence-electron chi connectivity index (χ2n) is 5.00. The van der Waals surface area contributed by atoms with Gasteiger partial charge in [-0.1, -0.05) is 6.07 Å². The first kappa shape index (κ1) is 14.4. The SMILES string of the molecule is CNCc1ccc(S(=O)(=O)NC2(C)CCOC2)nc1. The topological polar surface area (TPSA) is 80.3 Å². The van der Waals surface area contributed by atoms with Crippen LogP contribution in [0.25, 0.3) is 0 Å². The molecule has 19 heavy (non-hydrogen) atoms. The van der Waals surface area contributed by atoms with Crippen molar-refractivity contribution < 1.29 is 13.2 Å². The molecule has 1 unspecified atom stereocenters. The van der Waals surface area contributed by atoms with Gasteiger partial charge in [-0.05, 0) is 32.0 Å². The zero-order chi connectivity index (χ0) is 13.9. The highest BCUT2D eigenvalue weighted by Crippen LogP contribution is 2.20. The van der Waals surface area contributed by atoms with E-state index in [9.17, 15) is 8.42 Å². The molecule has 0 radical (unpaired) electrons. The number of sulfonamides is 1. The smallest absolute Gasteiger partial charge is 0.258 e. The fraction of sp³-hybridized carbons (Fsp3) is 0.583. The van der Waals surface area contributed by atoms with Gasteiger partial charge >= 0.3 is 0 Å². The molecule has 0 spiro atoms. The van der Waals surface area contributed by atoms with Crippen LogP contribution in [-0.4, -0.2) is 39.2 Å². The van der Waals surface area contributed by atoms with Crippen LogP contribution in [0.15, 0.2) is 23.4 Å². The lowest BCUT2D eigenvalue weighted by molar-refractivity contribution is 0.178. The van der Waals surface area contributed by atoms with E-state index >= 15 is 0 Å². The van der Waals surface area contributed by atoms with Gasteiger partial charge in [0, 0.05) is 19.3 Å². The predicted molar refractivity (Wildman–Crippen MR) is 71.2 cm³/mol. The third-order valence-corrected chi connectivity index (χ3v) is 4.61. The number of aromatic nitrogens is 1. The molecule has 0 amide bonds. The Morgan fingerprint density at radius 1 is 1.47 bits per heavy atom. The van der Waals surface area contributed by atoms with E-state index in [1.807, 2.05) is 14.0 Å². The Balaban J connectivity index is 2.15. The van der Waals surface area contributed by atoms with Crippen LogP contribution in [0.5, 0.6) is 0 Å². The van der Waals surface area contributed by atoms with Crippen molar-refractivity contribution in [2.45, 2.75) is 30.5 Å². The minimum Gasteiger partial charge on any atom is -0.379 e. The van der Waals surface area contributed by atoms with Crippen LogP contribution in [0.2, 0.25) is 0 Å². The summed E-state index contributed by atoms with van der Waals surface area (Å²) in [4.78, 5) is 4.01. The van der Waals surface area contributed by atoms with Crippen LogP contribution < -0.4 is 10.0 Å². The first-order valence-electron chi connectivity index (χ1n) is 6.16. The summed E-state index contributed by atoms with van der Waals surface area (Å²) in [6.07, 6.45) is 2.24. The molecule has 1 aliphatic heterocycles. The number of rotatable bonds is 5. The zero-order valence-corrected chi connectivity index (χ0v) is 12.0. The lowest BCUT2D eigenvalue weighted by atomic mass is 10.0. The van der Waals surface area contributed by atoms with Crippen molar-refractivity contribution in [3.8, 4) is 0 Å². The van der Waals surface area contributed by atoms with E-state index in [1.165, 1.54) is 6.07 Å². The Morgan fingerprint density at radius 3 is 2.79 bits per heavy atom. The van der Waals surface area contributed by atoms with Crippen molar-refractivity contribution in [1.82, 2.24) is 15.0 Å². The maximum atomic E-state index is 12.2. The number of nitrogens with zero attached hydrogens (tertiary/aromatic N) is 1. The highest BCUT2D eigenvalue weighted by atomic mass is 32.2. The van der Waals surface area contributed by atoms with Crippen LogP contribution in [0.1, 0.15) is 18.9 Å². The summed E-state index contributed by atoms with van der Waals surface area (Å²) in [7, 11) is -1.77. The monoisotopic (exact) mass is 285 g/mol. The molecule has 2 N–H and O–H groups in total. The van der Waals surface area contributed by atoms with Crippen molar-refractivity contribution >= 4 is 10.0 Å². The Hall–Kier alpha value is -1.02. The Morgan fingerprint density at radius 2 is 2.26 bits per heavy atom. The van der Waals surface area contributed by atoms with Gasteiger partial charge < -0.3 is 10.1 Å². The molecule has 1 saturated heterocycles. The Labute approximate surface area is 113 Å². The van der Waals surface area contributed by atoms with Gasteiger partial charge in [-0.3, -0.25) is 0 Å². The van der Waals surface area contributed by atoms with Crippen LogP contribution in [-0.2, 0) is 21.3 Å². The molecule has 1 aromatic heterocycles. The van der Waals surface area contributed by atoms with E-state index in [0.717, 1.165) is 5.56 Å². The average molecular weight is 285 g/mol. The van der Waals surface area contributed by atoms with Gasteiger partial charge in [-0.2, -0.15) is 0 Å². The lowest BCUT2D eigenvalue weighted by Crippen LogP contribution is -2.46. The van der Waals surface area contributed by atoms with Gasteiger partial charge in [-0.25, -0.2) is 18.1 Å². The highest BCUT2D eigenvalue weighted by Gasteiger charge is 2.34. The van der Waals surface area contributed by atoms with E-state index in [4.69, 9.17) is 4.74 Å². The van der Waals surface area contributed by atoms with E-state index in [1.54, 1.807) is 12.3 Å². The van der Waals surface area contributed by atoms with Gasteiger partial charge in [0.1, 0.15) is 0 Å². The molecule has 1 atom stereocenters. The summed E-state index contributed by atoms with van der Waals surface area (Å²) >= 11 is 0. The van der Waals surface area contributed by atoms with E-state index in [0.29, 0.717) is 26.2 Å². The number of hydrogen-bond acceptors (Lipinski definition) is 5. The number of ether oxygens (including phenoxy) is 1. The van der Waals surface area contributed by atoms with E-state index < -0.39 is 15.6 Å². The second-order valence-corrected chi connectivity index (χ2v) is 6.63. The van der Waals surface area contributed by atoms with Gasteiger partial charge in [-0.15, -0.1) is 0 Å². The maximum absolute atomic E-state index is 12.2. The summed E-state index contributed by atoms with van der Waals surface area (Å²) in [6, 6.07) is 3.28. The third kappa shape index (κ3) is 3.50. The van der Waals surface area contributed by atoms with Crippen LogP contribution in [0.3, 0.4) is 0 Å². The molecule has 0 aliphatic carbocycles. The normalized spacial score (nSPS) is 23.7. The molecule has 2 rings (SSSR count). The minimum atomic E-state index is -3.60. The fourth-order valence-corrected chi connectivity index (χ4v) is 3.36. The number of hydrogen-bond donors (Lipinski definition) is 2. The van der Waals surface area contributed by atoms with Crippen molar-refractivity contribution in [3.05, 3.63) is 23.9 Å². The molecule has 2 heterocycles. The van der Waals surface area contributed by atoms with E-state index in [2.05, 4.69) is 15.0 Å². The highest BCUT2D eigenvalue weighted by molar-refractivity contribution is 7.89. The van der Waals surface area contributed by atoms with Crippen LogP contribution >= 0.6 is 0 Å². The average Bonchev–Trinajstić information content (AvgIpc) is 2.76. The summed E-state index contributed by atoms with van der Waals surface area (Å²) in [5.74, 6) is 0. The summed E-state index contributed by atoms with van der Waals surface area (Å²) in [6.45, 7) is 3.47. The molecule has 1 aromatic rings. The van der Waals surface area contributed by atoms with Crippen molar-refractivity contribution in [1.29, 1.82) is 0 Å². The maximum Gasteiger partial charge on any atom is 0.258 e. The molecular weight excluding hydrogens is 266 g/mol. The molecule has 0 aromatic carbocycles. The largest absolute Gasteiger partial charge is 0.379 e. The summed E-state index contributed by atoms with van der Waals surface area (Å²) < 4.78 is 32.3. The Bertz CT molecular complexity index is 522.